The smallest absolute Gasteiger partial charge is 0.273 e. The molecule has 4 heterocycles. The second kappa shape index (κ2) is 6.68. The van der Waals surface area contributed by atoms with Crippen LogP contribution < -0.4 is 9.64 Å². The minimum absolute atomic E-state index is 0.481. The molecule has 1 aliphatic rings. The first kappa shape index (κ1) is 15.3. The Morgan fingerprint density at radius 1 is 1.33 bits per heavy atom. The summed E-state index contributed by atoms with van der Waals surface area (Å²) in [5.41, 5.74) is 0.904. The topological polar surface area (TPSA) is 64.0 Å². The lowest BCUT2D eigenvalue weighted by Gasteiger charge is -2.33. The number of anilines is 1. The normalized spacial score (nSPS) is 18.0. The molecule has 1 fully saturated rings. The molecule has 124 valence electrons. The van der Waals surface area contributed by atoms with Gasteiger partial charge >= 0.3 is 0 Å². The van der Waals surface area contributed by atoms with Gasteiger partial charge in [0.15, 0.2) is 0 Å². The van der Waals surface area contributed by atoms with Crippen LogP contribution in [-0.4, -0.2) is 39.6 Å². The fourth-order valence-corrected chi connectivity index (χ4v) is 3.68. The second-order valence-electron chi connectivity index (χ2n) is 6.05. The molecule has 3 aromatic heterocycles. The van der Waals surface area contributed by atoms with Crippen LogP contribution in [0.4, 0.5) is 5.82 Å². The number of ether oxygens (including phenoxy) is 1. The molecule has 4 rings (SSSR count). The van der Waals surface area contributed by atoms with Crippen LogP contribution in [0.5, 0.6) is 5.19 Å². The number of rotatable bonds is 4. The van der Waals surface area contributed by atoms with Crippen LogP contribution in [-0.2, 0) is 0 Å². The highest BCUT2D eigenvalue weighted by Gasteiger charge is 2.23. The van der Waals surface area contributed by atoms with E-state index in [1.165, 1.54) is 17.8 Å². The van der Waals surface area contributed by atoms with Crippen LogP contribution in [0.15, 0.2) is 30.0 Å². The number of fused-ring (bicyclic) bond motifs is 1. The van der Waals surface area contributed by atoms with Crippen LogP contribution >= 0.6 is 11.3 Å². The van der Waals surface area contributed by atoms with Gasteiger partial charge in [-0.2, -0.15) is 0 Å². The summed E-state index contributed by atoms with van der Waals surface area (Å²) < 4.78 is 5.82. The van der Waals surface area contributed by atoms with Crippen molar-refractivity contribution in [1.29, 1.82) is 0 Å². The summed E-state index contributed by atoms with van der Waals surface area (Å²) in [6.45, 7) is 4.59. The number of pyridine rings is 1. The number of hydrogen-bond acceptors (Lipinski definition) is 7. The molecule has 0 amide bonds. The minimum atomic E-state index is 0.481. The number of nitrogens with zero attached hydrogens (tertiary/aromatic N) is 5. The van der Waals surface area contributed by atoms with E-state index in [2.05, 4.69) is 19.9 Å². The van der Waals surface area contributed by atoms with E-state index in [-0.39, 0.29) is 0 Å². The van der Waals surface area contributed by atoms with Gasteiger partial charge in [0, 0.05) is 42.2 Å². The first-order chi connectivity index (χ1) is 11.8. The molecule has 24 heavy (non-hydrogen) atoms. The van der Waals surface area contributed by atoms with Gasteiger partial charge in [-0.3, -0.25) is 4.98 Å². The Kier molecular flexibility index (Phi) is 4.25. The highest BCUT2D eigenvalue weighted by molar-refractivity contribution is 7.11. The van der Waals surface area contributed by atoms with E-state index in [1.54, 1.807) is 18.6 Å². The van der Waals surface area contributed by atoms with Crippen LogP contribution in [0.1, 0.15) is 18.7 Å². The van der Waals surface area contributed by atoms with Crippen molar-refractivity contribution >= 4 is 28.1 Å². The number of aryl methyl sites for hydroxylation is 1. The van der Waals surface area contributed by atoms with E-state index in [9.17, 15) is 0 Å². The maximum absolute atomic E-state index is 5.82. The highest BCUT2D eigenvalue weighted by Crippen LogP contribution is 2.28. The van der Waals surface area contributed by atoms with Crippen molar-refractivity contribution in [2.45, 2.75) is 19.8 Å². The van der Waals surface area contributed by atoms with Gasteiger partial charge in [-0.05, 0) is 25.8 Å². The molecule has 0 spiro atoms. The van der Waals surface area contributed by atoms with E-state index in [0.717, 1.165) is 47.2 Å². The van der Waals surface area contributed by atoms with Crippen molar-refractivity contribution in [2.24, 2.45) is 5.92 Å². The van der Waals surface area contributed by atoms with Gasteiger partial charge in [0.05, 0.1) is 18.3 Å². The zero-order chi connectivity index (χ0) is 16.4. The minimum Gasteiger partial charge on any atom is -0.470 e. The first-order valence-electron chi connectivity index (χ1n) is 8.15. The molecule has 0 radical (unpaired) electrons. The Morgan fingerprint density at radius 3 is 3.17 bits per heavy atom. The lowest BCUT2D eigenvalue weighted by molar-refractivity contribution is 0.228. The van der Waals surface area contributed by atoms with Crippen molar-refractivity contribution < 1.29 is 4.74 Å². The fourth-order valence-electron chi connectivity index (χ4n) is 3.18. The summed E-state index contributed by atoms with van der Waals surface area (Å²) in [7, 11) is 0. The van der Waals surface area contributed by atoms with Gasteiger partial charge in [0.1, 0.15) is 11.6 Å². The highest BCUT2D eigenvalue weighted by atomic mass is 32.1. The summed E-state index contributed by atoms with van der Waals surface area (Å²) in [5, 5.41) is 3.76. The first-order valence-corrected chi connectivity index (χ1v) is 9.03. The summed E-state index contributed by atoms with van der Waals surface area (Å²) in [6, 6.07) is 2.00. The Balaban J connectivity index is 1.53. The predicted octanol–water partition coefficient (Wildman–Crippen LogP) is 3.09. The molecule has 0 saturated carbocycles. The third-order valence-corrected chi connectivity index (χ3v) is 4.94. The molecule has 6 nitrogen and oxygen atoms in total. The molecule has 0 aromatic carbocycles. The van der Waals surface area contributed by atoms with Crippen LogP contribution in [0.25, 0.3) is 10.9 Å². The molecule has 1 unspecified atom stereocenters. The Hall–Kier alpha value is -2.28. The van der Waals surface area contributed by atoms with Crippen molar-refractivity contribution in [1.82, 2.24) is 19.9 Å². The molecule has 1 atom stereocenters. The maximum Gasteiger partial charge on any atom is 0.273 e. The average molecular weight is 341 g/mol. The van der Waals surface area contributed by atoms with Gasteiger partial charge in [0.25, 0.3) is 5.19 Å². The molecule has 0 aliphatic carbocycles. The zero-order valence-corrected chi connectivity index (χ0v) is 14.4. The Labute approximate surface area is 144 Å². The Bertz CT molecular complexity index is 823. The molecule has 1 saturated heterocycles. The van der Waals surface area contributed by atoms with Crippen LogP contribution in [0, 0.1) is 12.8 Å². The van der Waals surface area contributed by atoms with Gasteiger partial charge in [-0.15, -0.1) is 0 Å². The number of piperidine rings is 1. The van der Waals surface area contributed by atoms with Crippen LogP contribution in [0.3, 0.4) is 0 Å². The summed E-state index contributed by atoms with van der Waals surface area (Å²) >= 11 is 1.54. The van der Waals surface area contributed by atoms with Crippen molar-refractivity contribution in [3.05, 3.63) is 35.9 Å². The maximum atomic E-state index is 5.82. The quantitative estimate of drug-likeness (QED) is 0.727. The Morgan fingerprint density at radius 2 is 2.29 bits per heavy atom. The third-order valence-electron chi connectivity index (χ3n) is 4.26. The monoisotopic (exact) mass is 341 g/mol. The lowest BCUT2D eigenvalue weighted by Crippen LogP contribution is -2.38. The van der Waals surface area contributed by atoms with E-state index < -0.39 is 0 Å². The molecule has 0 bridgehead atoms. The summed E-state index contributed by atoms with van der Waals surface area (Å²) in [5.74, 6) is 2.28. The SMILES string of the molecule is Cc1nc(N2CCCC(COc3nccs3)C2)c2ccncc2n1. The fraction of sp³-hybridized carbons (Fsp3) is 0.412. The van der Waals surface area contributed by atoms with E-state index in [1.807, 2.05) is 18.4 Å². The molecule has 0 N–H and O–H groups in total. The molecule has 3 aromatic rings. The zero-order valence-electron chi connectivity index (χ0n) is 13.6. The largest absolute Gasteiger partial charge is 0.470 e. The second-order valence-corrected chi connectivity index (χ2v) is 6.91. The average Bonchev–Trinajstić information content (AvgIpc) is 3.13. The van der Waals surface area contributed by atoms with E-state index in [4.69, 9.17) is 9.72 Å². The molecular formula is C17H19N5OS. The number of thiazole rings is 1. The number of hydrogen-bond donors (Lipinski definition) is 0. The predicted molar refractivity (Wildman–Crippen MR) is 94.6 cm³/mol. The van der Waals surface area contributed by atoms with Crippen LogP contribution in [0.2, 0.25) is 0 Å². The van der Waals surface area contributed by atoms with Gasteiger partial charge in [-0.25, -0.2) is 15.0 Å². The molecular weight excluding hydrogens is 322 g/mol. The standard InChI is InChI=1S/C17H19N5OS/c1-12-20-15-9-18-5-4-14(15)16(21-12)22-7-2-3-13(10-22)11-23-17-19-6-8-24-17/h4-6,8-9,13H,2-3,7,10-11H2,1H3. The van der Waals surface area contributed by atoms with Crippen molar-refractivity contribution in [2.75, 3.05) is 24.6 Å². The summed E-state index contributed by atoms with van der Waals surface area (Å²) in [4.78, 5) is 19.9. The molecule has 1 aliphatic heterocycles. The van der Waals surface area contributed by atoms with Gasteiger partial charge < -0.3 is 9.64 Å². The molecule has 7 heteroatoms. The lowest BCUT2D eigenvalue weighted by atomic mass is 9.99. The van der Waals surface area contributed by atoms with Crippen molar-refractivity contribution in [3.63, 3.8) is 0 Å². The van der Waals surface area contributed by atoms with Gasteiger partial charge in [0.2, 0.25) is 0 Å². The number of aromatic nitrogens is 4. The summed E-state index contributed by atoms with van der Waals surface area (Å²) in [6.07, 6.45) is 7.70. The van der Waals surface area contributed by atoms with E-state index >= 15 is 0 Å². The third kappa shape index (κ3) is 3.17. The van der Waals surface area contributed by atoms with Gasteiger partial charge in [-0.1, -0.05) is 11.3 Å². The van der Waals surface area contributed by atoms with Crippen molar-refractivity contribution in [3.8, 4) is 5.19 Å². The van der Waals surface area contributed by atoms with E-state index in [0.29, 0.717) is 12.5 Å².